The number of benzene rings is 1. The second-order valence-electron chi connectivity index (χ2n) is 3.26. The Hall–Kier alpha value is -1.12. The smallest absolute Gasteiger partial charge is 0.0618 e. The monoisotopic (exact) mass is 191 g/mol. The lowest BCUT2D eigenvalue weighted by atomic mass is 10.0. The quantitative estimate of drug-likeness (QED) is 0.762. The van der Waals surface area contributed by atoms with Crippen molar-refractivity contribution in [1.29, 1.82) is 0 Å². The fourth-order valence-corrected chi connectivity index (χ4v) is 1.38. The molecule has 0 heterocycles. The van der Waals surface area contributed by atoms with E-state index in [0.717, 1.165) is 6.42 Å². The van der Waals surface area contributed by atoms with Gasteiger partial charge in [-0.3, -0.25) is 0 Å². The van der Waals surface area contributed by atoms with Crippen LogP contribution in [0.25, 0.3) is 5.57 Å². The number of hydrogen-bond donors (Lipinski definition) is 2. The molecule has 0 radical (unpaired) electrons. The highest BCUT2D eigenvalue weighted by molar-refractivity contribution is 5.65. The van der Waals surface area contributed by atoms with Crippen LogP contribution < -0.4 is 5.73 Å². The van der Waals surface area contributed by atoms with E-state index in [4.69, 9.17) is 10.8 Å². The summed E-state index contributed by atoms with van der Waals surface area (Å²) < 4.78 is 0. The molecule has 1 atom stereocenters. The topological polar surface area (TPSA) is 46.2 Å². The van der Waals surface area contributed by atoms with Gasteiger partial charge in [0.2, 0.25) is 0 Å². The van der Waals surface area contributed by atoms with E-state index >= 15 is 0 Å². The SMILES string of the molecule is CC/C(=C/[C@H](N)CO)c1ccccc1. The number of hydrogen-bond acceptors (Lipinski definition) is 2. The lowest BCUT2D eigenvalue weighted by Gasteiger charge is -2.08. The summed E-state index contributed by atoms with van der Waals surface area (Å²) in [5.41, 5.74) is 8.03. The summed E-state index contributed by atoms with van der Waals surface area (Å²) in [6.07, 6.45) is 2.85. The molecule has 0 unspecified atom stereocenters. The van der Waals surface area contributed by atoms with Crippen molar-refractivity contribution in [3.05, 3.63) is 42.0 Å². The van der Waals surface area contributed by atoms with Gasteiger partial charge in [0.15, 0.2) is 0 Å². The van der Waals surface area contributed by atoms with Crippen LogP contribution in [0, 0.1) is 0 Å². The van der Waals surface area contributed by atoms with Gasteiger partial charge < -0.3 is 10.8 Å². The Labute approximate surface area is 85.1 Å². The summed E-state index contributed by atoms with van der Waals surface area (Å²) in [5, 5.41) is 8.86. The van der Waals surface area contributed by atoms with Crippen molar-refractivity contribution in [2.75, 3.05) is 6.61 Å². The predicted molar refractivity (Wildman–Crippen MR) is 59.8 cm³/mol. The molecular formula is C12H17NO. The molecule has 2 nitrogen and oxygen atoms in total. The van der Waals surface area contributed by atoms with Crippen molar-refractivity contribution in [2.24, 2.45) is 5.73 Å². The van der Waals surface area contributed by atoms with Gasteiger partial charge in [-0.2, -0.15) is 0 Å². The largest absolute Gasteiger partial charge is 0.394 e. The Kier molecular flexibility index (Phi) is 4.36. The summed E-state index contributed by atoms with van der Waals surface area (Å²) in [4.78, 5) is 0. The fourth-order valence-electron chi connectivity index (χ4n) is 1.38. The zero-order valence-electron chi connectivity index (χ0n) is 8.48. The zero-order valence-corrected chi connectivity index (χ0v) is 8.48. The van der Waals surface area contributed by atoms with Crippen LogP contribution in [0.2, 0.25) is 0 Å². The van der Waals surface area contributed by atoms with Crippen molar-refractivity contribution in [3.8, 4) is 0 Å². The van der Waals surface area contributed by atoms with Crippen LogP contribution in [0.5, 0.6) is 0 Å². The van der Waals surface area contributed by atoms with E-state index in [1.165, 1.54) is 11.1 Å². The van der Waals surface area contributed by atoms with Crippen LogP contribution >= 0.6 is 0 Å². The molecular weight excluding hydrogens is 174 g/mol. The average molecular weight is 191 g/mol. The van der Waals surface area contributed by atoms with E-state index in [1.54, 1.807) is 0 Å². The average Bonchev–Trinajstić information content (AvgIpc) is 2.26. The van der Waals surface area contributed by atoms with Gasteiger partial charge in [0.25, 0.3) is 0 Å². The molecule has 2 heteroatoms. The standard InChI is InChI=1S/C12H17NO/c1-2-10(8-12(13)9-14)11-6-4-3-5-7-11/h3-8,12,14H,2,9,13H2,1H3/b10-8-/t12-/m0/s1. The number of aliphatic hydroxyl groups excluding tert-OH is 1. The molecule has 76 valence electrons. The van der Waals surface area contributed by atoms with Gasteiger partial charge in [-0.1, -0.05) is 43.3 Å². The third-order valence-corrected chi connectivity index (χ3v) is 2.15. The molecule has 0 saturated heterocycles. The lowest BCUT2D eigenvalue weighted by Crippen LogP contribution is -2.21. The van der Waals surface area contributed by atoms with Gasteiger partial charge in [-0.25, -0.2) is 0 Å². The number of allylic oxidation sites excluding steroid dienone is 1. The minimum absolute atomic E-state index is 0.00364. The van der Waals surface area contributed by atoms with Crippen LogP contribution in [0.15, 0.2) is 36.4 Å². The van der Waals surface area contributed by atoms with Gasteiger partial charge in [-0.15, -0.1) is 0 Å². The molecule has 0 bridgehead atoms. The van der Waals surface area contributed by atoms with Crippen molar-refractivity contribution in [1.82, 2.24) is 0 Å². The highest BCUT2D eigenvalue weighted by Gasteiger charge is 2.01. The maximum atomic E-state index is 8.86. The molecule has 1 rings (SSSR count). The van der Waals surface area contributed by atoms with Crippen LogP contribution in [-0.4, -0.2) is 17.8 Å². The minimum atomic E-state index is -0.259. The zero-order chi connectivity index (χ0) is 10.4. The Morgan fingerprint density at radius 1 is 1.43 bits per heavy atom. The van der Waals surface area contributed by atoms with E-state index in [1.807, 2.05) is 24.3 Å². The molecule has 0 aromatic heterocycles. The molecule has 0 spiro atoms. The van der Waals surface area contributed by atoms with E-state index in [0.29, 0.717) is 0 Å². The third-order valence-electron chi connectivity index (χ3n) is 2.15. The molecule has 0 aliphatic heterocycles. The van der Waals surface area contributed by atoms with E-state index in [-0.39, 0.29) is 12.6 Å². The predicted octanol–water partition coefficient (Wildman–Crippen LogP) is 1.80. The summed E-state index contributed by atoms with van der Waals surface area (Å²) in [6, 6.07) is 9.85. The minimum Gasteiger partial charge on any atom is -0.394 e. The molecule has 1 aromatic rings. The summed E-state index contributed by atoms with van der Waals surface area (Å²) >= 11 is 0. The second kappa shape index (κ2) is 5.58. The highest BCUT2D eigenvalue weighted by Crippen LogP contribution is 2.17. The first-order valence-corrected chi connectivity index (χ1v) is 4.90. The highest BCUT2D eigenvalue weighted by atomic mass is 16.3. The molecule has 14 heavy (non-hydrogen) atoms. The van der Waals surface area contributed by atoms with Crippen LogP contribution in [0.3, 0.4) is 0 Å². The number of rotatable bonds is 4. The molecule has 0 fully saturated rings. The Morgan fingerprint density at radius 3 is 2.57 bits per heavy atom. The van der Waals surface area contributed by atoms with Crippen molar-refractivity contribution < 1.29 is 5.11 Å². The van der Waals surface area contributed by atoms with Crippen LogP contribution in [0.4, 0.5) is 0 Å². The first-order chi connectivity index (χ1) is 6.77. The van der Waals surface area contributed by atoms with E-state index in [2.05, 4.69) is 19.1 Å². The van der Waals surface area contributed by atoms with Crippen molar-refractivity contribution in [2.45, 2.75) is 19.4 Å². The summed E-state index contributed by atoms with van der Waals surface area (Å²) in [6.45, 7) is 2.08. The first-order valence-electron chi connectivity index (χ1n) is 4.90. The Morgan fingerprint density at radius 2 is 2.07 bits per heavy atom. The summed E-state index contributed by atoms with van der Waals surface area (Å²) in [5.74, 6) is 0. The van der Waals surface area contributed by atoms with Gasteiger partial charge in [0.1, 0.15) is 0 Å². The van der Waals surface area contributed by atoms with Gasteiger partial charge in [0, 0.05) is 6.04 Å². The number of aliphatic hydroxyl groups is 1. The van der Waals surface area contributed by atoms with Crippen molar-refractivity contribution >= 4 is 5.57 Å². The van der Waals surface area contributed by atoms with E-state index in [9.17, 15) is 0 Å². The molecule has 3 N–H and O–H groups in total. The maximum absolute atomic E-state index is 8.86. The van der Waals surface area contributed by atoms with Crippen molar-refractivity contribution in [3.63, 3.8) is 0 Å². The molecule has 0 saturated carbocycles. The van der Waals surface area contributed by atoms with Gasteiger partial charge in [-0.05, 0) is 17.6 Å². The fraction of sp³-hybridized carbons (Fsp3) is 0.333. The normalized spacial score (nSPS) is 14.1. The van der Waals surface area contributed by atoms with Crippen LogP contribution in [-0.2, 0) is 0 Å². The van der Waals surface area contributed by atoms with Gasteiger partial charge >= 0.3 is 0 Å². The Balaban J connectivity index is 2.87. The van der Waals surface area contributed by atoms with E-state index < -0.39 is 0 Å². The summed E-state index contributed by atoms with van der Waals surface area (Å²) in [7, 11) is 0. The van der Waals surface area contributed by atoms with Gasteiger partial charge in [0.05, 0.1) is 6.61 Å². The van der Waals surface area contributed by atoms with Crippen LogP contribution in [0.1, 0.15) is 18.9 Å². The molecule has 0 aliphatic rings. The maximum Gasteiger partial charge on any atom is 0.0618 e. The first kappa shape index (κ1) is 11.0. The lowest BCUT2D eigenvalue weighted by molar-refractivity contribution is 0.284. The third kappa shape index (κ3) is 2.98. The Bertz CT molecular complexity index is 292. The molecule has 0 amide bonds. The molecule has 0 aliphatic carbocycles. The number of nitrogens with two attached hydrogens (primary N) is 1. The second-order valence-corrected chi connectivity index (χ2v) is 3.26. The molecule has 1 aromatic carbocycles.